The van der Waals surface area contributed by atoms with E-state index in [0.29, 0.717) is 0 Å². The summed E-state index contributed by atoms with van der Waals surface area (Å²) in [6.45, 7) is 8.66. The van der Waals surface area contributed by atoms with Crippen LogP contribution in [-0.4, -0.2) is 0 Å². The van der Waals surface area contributed by atoms with E-state index in [2.05, 4.69) is 87.6 Å². The van der Waals surface area contributed by atoms with Crippen molar-refractivity contribution in [1.29, 1.82) is 0 Å². The van der Waals surface area contributed by atoms with Crippen LogP contribution >= 0.6 is 59.9 Å². The molecule has 0 aromatic rings. The number of halogens is 3. The predicted octanol–water partition coefficient (Wildman–Crippen LogP) is 5.41. The summed E-state index contributed by atoms with van der Waals surface area (Å²) >= 11 is 7.39. The van der Waals surface area contributed by atoms with Crippen molar-refractivity contribution >= 4 is 59.9 Å². The first-order valence-electron chi connectivity index (χ1n) is 3.32. The molecule has 68 valence electrons. The van der Waals surface area contributed by atoms with Gasteiger partial charge in [-0.25, -0.2) is 0 Å². The van der Waals surface area contributed by atoms with Gasteiger partial charge in [0.25, 0.3) is 0 Å². The van der Waals surface area contributed by atoms with E-state index in [-0.39, 0.29) is 4.92 Å². The van der Waals surface area contributed by atoms with Crippen LogP contribution in [0.3, 0.4) is 0 Å². The van der Waals surface area contributed by atoms with Crippen LogP contribution in [0, 0.1) is 0 Å². The van der Waals surface area contributed by atoms with Gasteiger partial charge < -0.3 is 0 Å². The molecule has 0 rings (SSSR count). The summed E-state index contributed by atoms with van der Waals surface area (Å²) in [5, 5.41) is 0. The van der Waals surface area contributed by atoms with Gasteiger partial charge in [0.1, 0.15) is 0 Å². The second-order valence-electron chi connectivity index (χ2n) is 2.33. The van der Waals surface area contributed by atoms with Gasteiger partial charge >= 0.3 is 64.9 Å². The molecule has 0 heterocycles. The fourth-order valence-electron chi connectivity index (χ4n) is 0.354. The summed E-state index contributed by atoms with van der Waals surface area (Å²) in [6.07, 6.45) is 1.20. The molecule has 0 fully saturated rings. The third kappa shape index (κ3) is 19.1. The Hall–Kier alpha value is 2.51. The monoisotopic (exact) mass is 530 g/mol. The first-order valence-corrected chi connectivity index (χ1v) is 16.8. The van der Waals surface area contributed by atoms with E-state index in [1.165, 1.54) is 17.6 Å². The Labute approximate surface area is 108 Å². The molecule has 0 spiro atoms. The zero-order valence-electron chi connectivity index (χ0n) is 7.29. The molecule has 0 aliphatic rings. The molecule has 0 saturated heterocycles. The van der Waals surface area contributed by atoms with Crippen LogP contribution in [-0.2, 0) is 4.92 Å². The third-order valence-electron chi connectivity index (χ3n) is 1.38. The molecule has 0 radical (unpaired) electrons. The van der Waals surface area contributed by atoms with Gasteiger partial charge in [-0.2, -0.15) is 0 Å². The first-order chi connectivity index (χ1) is 4.91. The van der Waals surface area contributed by atoms with Gasteiger partial charge in [-0.05, 0) is 27.2 Å². The van der Waals surface area contributed by atoms with E-state index in [4.69, 9.17) is 0 Å². The van der Waals surface area contributed by atoms with Gasteiger partial charge in [-0.1, -0.05) is 18.1 Å². The van der Waals surface area contributed by atoms with Gasteiger partial charge in [0.05, 0.1) is 0 Å². The average Bonchev–Trinajstić information content (AvgIpc) is 1.85. The molecular weight excluding hydrogens is 516 g/mol. The topological polar surface area (TPSA) is 0 Å². The minimum absolute atomic E-state index is 0.278. The molecule has 0 amide bonds. The summed E-state index contributed by atoms with van der Waals surface area (Å²) in [5.74, 6) is 0. The average molecular weight is 530 g/mol. The minimum atomic E-state index is -0.278. The van der Waals surface area contributed by atoms with E-state index >= 15 is 0 Å². The van der Waals surface area contributed by atoms with Crippen molar-refractivity contribution < 1.29 is 4.92 Å². The van der Waals surface area contributed by atoms with Crippen molar-refractivity contribution in [2.75, 3.05) is 0 Å². The van der Waals surface area contributed by atoms with Crippen LogP contribution < -0.4 is 0 Å². The van der Waals surface area contributed by atoms with Crippen LogP contribution in [0.2, 0.25) is 0 Å². The molecule has 11 heavy (non-hydrogen) atoms. The summed E-state index contributed by atoms with van der Waals surface area (Å²) in [7, 11) is 0. The fourth-order valence-corrected chi connectivity index (χ4v) is 0.354. The SMILES string of the molecule is CCC(C)=C(C)C.[I][V]([I])[I]. The van der Waals surface area contributed by atoms with Crippen molar-refractivity contribution in [3.63, 3.8) is 0 Å². The maximum absolute atomic E-state index is 2.46. The Balaban J connectivity index is 0. The van der Waals surface area contributed by atoms with Crippen LogP contribution in [0.1, 0.15) is 34.1 Å². The fraction of sp³-hybridized carbons (Fsp3) is 0.714. The summed E-state index contributed by atoms with van der Waals surface area (Å²) in [5.41, 5.74) is 2.97. The maximum atomic E-state index is 2.46. The molecule has 0 aliphatic carbocycles. The first kappa shape index (κ1) is 16.0. The van der Waals surface area contributed by atoms with Gasteiger partial charge in [0, 0.05) is 0 Å². The summed E-state index contributed by atoms with van der Waals surface area (Å²) < 4.78 is 0. The Kier molecular flexibility index (Phi) is 15.4. The quantitative estimate of drug-likeness (QED) is 0.315. The van der Waals surface area contributed by atoms with Crippen molar-refractivity contribution in [2.24, 2.45) is 0 Å². The van der Waals surface area contributed by atoms with Gasteiger partial charge in [-0.15, -0.1) is 0 Å². The van der Waals surface area contributed by atoms with Crippen molar-refractivity contribution in [1.82, 2.24) is 0 Å². The summed E-state index contributed by atoms with van der Waals surface area (Å²) in [4.78, 5) is -0.278. The molecule has 0 saturated carbocycles. The zero-order chi connectivity index (χ0) is 9.44. The van der Waals surface area contributed by atoms with Crippen molar-refractivity contribution in [2.45, 2.75) is 34.1 Å². The predicted molar refractivity (Wildman–Crippen MR) is 76.4 cm³/mol. The molecule has 0 atom stereocenters. The van der Waals surface area contributed by atoms with E-state index in [1.807, 2.05) is 0 Å². The van der Waals surface area contributed by atoms with Crippen LogP contribution in [0.5, 0.6) is 0 Å². The molecule has 0 N–H and O–H groups in total. The Morgan fingerprint density at radius 1 is 1.09 bits per heavy atom. The van der Waals surface area contributed by atoms with Crippen LogP contribution in [0.4, 0.5) is 0 Å². The van der Waals surface area contributed by atoms with Gasteiger partial charge in [-0.3, -0.25) is 0 Å². The molecule has 0 aromatic carbocycles. The van der Waals surface area contributed by atoms with Crippen LogP contribution in [0.25, 0.3) is 0 Å². The molecule has 0 unspecified atom stereocenters. The molecular formula is C7H14I3V. The number of hydrogen-bond donors (Lipinski definition) is 0. The molecule has 0 aliphatic heterocycles. The van der Waals surface area contributed by atoms with E-state index in [0.717, 1.165) is 0 Å². The van der Waals surface area contributed by atoms with Crippen molar-refractivity contribution in [3.05, 3.63) is 11.1 Å². The molecule has 0 aromatic heterocycles. The molecule has 0 nitrogen and oxygen atoms in total. The summed E-state index contributed by atoms with van der Waals surface area (Å²) in [6, 6.07) is 0. The van der Waals surface area contributed by atoms with E-state index in [9.17, 15) is 0 Å². The third-order valence-corrected chi connectivity index (χ3v) is 1.38. The Morgan fingerprint density at radius 2 is 1.36 bits per heavy atom. The van der Waals surface area contributed by atoms with E-state index < -0.39 is 0 Å². The molecule has 0 bridgehead atoms. The second-order valence-corrected chi connectivity index (χ2v) is 37.7. The second kappa shape index (κ2) is 10.6. The Morgan fingerprint density at radius 3 is 1.36 bits per heavy atom. The number of rotatable bonds is 1. The normalized spacial score (nSPS) is 8.73. The number of allylic oxidation sites excluding steroid dienone is 2. The number of hydrogen-bond acceptors (Lipinski definition) is 0. The standard InChI is InChI=1S/C7H14.3HI.V/c1-5-7(4)6(2)3;;;;/h5H2,1-4H3;3*1H;/q;;;;+3/p-3. The van der Waals surface area contributed by atoms with Gasteiger partial charge in [0.15, 0.2) is 0 Å². The van der Waals surface area contributed by atoms with E-state index in [1.54, 1.807) is 0 Å². The van der Waals surface area contributed by atoms with Gasteiger partial charge in [0.2, 0.25) is 0 Å². The Bertz CT molecular complexity index is 114. The van der Waals surface area contributed by atoms with Crippen LogP contribution in [0.15, 0.2) is 11.1 Å². The van der Waals surface area contributed by atoms with Crippen molar-refractivity contribution in [3.8, 4) is 0 Å². The zero-order valence-corrected chi connectivity index (χ0v) is 15.2. The molecule has 4 heteroatoms.